The van der Waals surface area contributed by atoms with Crippen molar-refractivity contribution in [2.75, 3.05) is 40.4 Å². The highest BCUT2D eigenvalue weighted by Crippen LogP contribution is 2.32. The Kier molecular flexibility index (Phi) is 10.2. The van der Waals surface area contributed by atoms with Gasteiger partial charge in [0.2, 0.25) is 0 Å². The number of halogens is 1. The molecule has 0 radical (unpaired) electrons. The Morgan fingerprint density at radius 1 is 1.23 bits per heavy atom. The summed E-state index contributed by atoms with van der Waals surface area (Å²) < 4.78 is 10.9. The van der Waals surface area contributed by atoms with E-state index in [1.165, 1.54) is 15.4 Å². The molecule has 0 spiro atoms. The zero-order valence-corrected chi connectivity index (χ0v) is 21.5. The number of nitrogens with zero attached hydrogens (tertiary/aromatic N) is 3. The van der Waals surface area contributed by atoms with Crippen LogP contribution in [0.5, 0.6) is 11.5 Å². The Morgan fingerprint density at radius 2 is 1.97 bits per heavy atom. The quantitative estimate of drug-likeness (QED) is 0.305. The van der Waals surface area contributed by atoms with E-state index >= 15 is 0 Å². The van der Waals surface area contributed by atoms with Gasteiger partial charge in [-0.3, -0.25) is 4.99 Å². The smallest absolute Gasteiger partial charge is 0.193 e. The van der Waals surface area contributed by atoms with Crippen LogP contribution in [0, 0.1) is 0 Å². The third-order valence-corrected chi connectivity index (χ3v) is 6.41. The van der Waals surface area contributed by atoms with Gasteiger partial charge in [0.1, 0.15) is 11.5 Å². The molecule has 8 heteroatoms. The first kappa shape index (κ1) is 24.7. The Bertz CT molecular complexity index is 805. The average molecular weight is 545 g/mol. The normalized spacial score (nSPS) is 16.3. The maximum absolute atomic E-state index is 5.44. The van der Waals surface area contributed by atoms with Gasteiger partial charge >= 0.3 is 0 Å². The van der Waals surface area contributed by atoms with Gasteiger partial charge in [-0.05, 0) is 37.5 Å². The number of aryl methyl sites for hydroxylation is 1. The number of aliphatic imine (C=N–C) groups is 1. The summed E-state index contributed by atoms with van der Waals surface area (Å²) in [6.45, 7) is 7.84. The Morgan fingerprint density at radius 3 is 2.57 bits per heavy atom. The summed E-state index contributed by atoms with van der Waals surface area (Å²) in [5.41, 5.74) is 1.26. The highest BCUT2D eigenvalue weighted by molar-refractivity contribution is 14.0. The minimum absolute atomic E-state index is 0. The van der Waals surface area contributed by atoms with Crippen molar-refractivity contribution < 1.29 is 9.47 Å². The van der Waals surface area contributed by atoms with Crippen molar-refractivity contribution in [3.05, 3.63) is 39.8 Å². The maximum Gasteiger partial charge on any atom is 0.193 e. The van der Waals surface area contributed by atoms with Crippen LogP contribution in [0.15, 0.2) is 29.4 Å². The summed E-state index contributed by atoms with van der Waals surface area (Å²) >= 11 is 1.80. The molecule has 1 aliphatic heterocycles. The van der Waals surface area contributed by atoms with Crippen LogP contribution in [0.3, 0.4) is 0 Å². The Hall–Kier alpha value is -1.55. The second-order valence-corrected chi connectivity index (χ2v) is 8.34. The van der Waals surface area contributed by atoms with Crippen LogP contribution >= 0.6 is 35.3 Å². The molecule has 1 atom stereocenters. The number of aromatic nitrogens is 1. The van der Waals surface area contributed by atoms with Crippen molar-refractivity contribution in [1.82, 2.24) is 15.2 Å². The average Bonchev–Trinajstić information content (AvgIpc) is 3.42. The number of methoxy groups -OCH3 is 2. The van der Waals surface area contributed by atoms with E-state index in [0.717, 1.165) is 62.9 Å². The van der Waals surface area contributed by atoms with Crippen LogP contribution in [0.1, 0.15) is 41.6 Å². The van der Waals surface area contributed by atoms with E-state index in [1.807, 2.05) is 12.3 Å². The molecule has 1 fully saturated rings. The number of nitrogens with one attached hydrogen (secondary N) is 1. The molecule has 1 saturated heterocycles. The number of benzene rings is 1. The summed E-state index contributed by atoms with van der Waals surface area (Å²) in [7, 11) is 3.39. The highest BCUT2D eigenvalue weighted by atomic mass is 127. The minimum atomic E-state index is 0. The van der Waals surface area contributed by atoms with Crippen LogP contribution in [0.4, 0.5) is 0 Å². The van der Waals surface area contributed by atoms with E-state index in [0.29, 0.717) is 5.92 Å². The fraction of sp³-hybridized carbons (Fsp3) is 0.545. The van der Waals surface area contributed by atoms with Gasteiger partial charge in [-0.2, -0.15) is 0 Å². The van der Waals surface area contributed by atoms with E-state index in [2.05, 4.69) is 41.2 Å². The minimum Gasteiger partial charge on any atom is -0.497 e. The zero-order valence-electron chi connectivity index (χ0n) is 18.3. The molecule has 6 nitrogen and oxygen atoms in total. The van der Waals surface area contributed by atoms with Crippen LogP contribution in [-0.4, -0.2) is 56.2 Å². The van der Waals surface area contributed by atoms with Crippen molar-refractivity contribution in [1.29, 1.82) is 0 Å². The third kappa shape index (κ3) is 6.47. The van der Waals surface area contributed by atoms with Gasteiger partial charge in [0.05, 0.1) is 19.2 Å². The molecule has 0 aliphatic carbocycles. The summed E-state index contributed by atoms with van der Waals surface area (Å²) in [5.74, 6) is 3.12. The zero-order chi connectivity index (χ0) is 20.6. The summed E-state index contributed by atoms with van der Waals surface area (Å²) in [5, 5.41) is 4.62. The number of hydrogen-bond donors (Lipinski definition) is 1. The molecule has 1 N–H and O–H groups in total. The van der Waals surface area contributed by atoms with E-state index < -0.39 is 0 Å². The topological polar surface area (TPSA) is 59.0 Å². The van der Waals surface area contributed by atoms with E-state index in [9.17, 15) is 0 Å². The van der Waals surface area contributed by atoms with Crippen LogP contribution < -0.4 is 14.8 Å². The van der Waals surface area contributed by atoms with Crippen LogP contribution in [-0.2, 0) is 12.8 Å². The molecule has 3 rings (SSSR count). The Labute approximate surface area is 201 Å². The molecule has 2 aromatic rings. The third-order valence-electron chi connectivity index (χ3n) is 5.20. The maximum atomic E-state index is 5.44. The molecule has 0 amide bonds. The molecule has 166 valence electrons. The van der Waals surface area contributed by atoms with Gasteiger partial charge < -0.3 is 19.7 Å². The lowest BCUT2D eigenvalue weighted by Gasteiger charge is -2.22. The fourth-order valence-electron chi connectivity index (χ4n) is 3.60. The first-order valence-electron chi connectivity index (χ1n) is 10.4. The van der Waals surface area contributed by atoms with Crippen molar-refractivity contribution >= 4 is 41.3 Å². The number of rotatable bonds is 8. The predicted molar refractivity (Wildman–Crippen MR) is 135 cm³/mol. The van der Waals surface area contributed by atoms with Gasteiger partial charge in [-0.25, -0.2) is 4.98 Å². The Balaban J connectivity index is 0.00000320. The van der Waals surface area contributed by atoms with Gasteiger partial charge in [-0.1, -0.05) is 6.92 Å². The number of ether oxygens (including phenoxy) is 2. The summed E-state index contributed by atoms with van der Waals surface area (Å²) in [6, 6.07) is 6.16. The van der Waals surface area contributed by atoms with E-state index in [4.69, 9.17) is 14.5 Å². The second kappa shape index (κ2) is 12.3. The molecule has 0 saturated carbocycles. The van der Waals surface area contributed by atoms with Gasteiger partial charge in [0.15, 0.2) is 5.96 Å². The number of likely N-dealkylation sites (tertiary alicyclic amines) is 1. The molecular formula is C22H33IN4O2S. The molecular weight excluding hydrogens is 511 g/mol. The van der Waals surface area contributed by atoms with Gasteiger partial charge in [-0.15, -0.1) is 35.3 Å². The second-order valence-electron chi connectivity index (χ2n) is 7.14. The molecule has 0 bridgehead atoms. The lowest BCUT2D eigenvalue weighted by atomic mass is 9.98. The molecule has 1 unspecified atom stereocenters. The summed E-state index contributed by atoms with van der Waals surface area (Å²) in [6.07, 6.45) is 5.02. The van der Waals surface area contributed by atoms with Crippen molar-refractivity contribution in [3.8, 4) is 11.5 Å². The van der Waals surface area contributed by atoms with Crippen LogP contribution in [0.2, 0.25) is 0 Å². The van der Waals surface area contributed by atoms with Gasteiger partial charge in [0.25, 0.3) is 0 Å². The molecule has 1 aliphatic rings. The first-order chi connectivity index (χ1) is 14.2. The SMILES string of the molecule is CCNC(=NCCc1ncc(CC)s1)N1CCC(c2cc(OC)cc(OC)c2)C1.I. The van der Waals surface area contributed by atoms with Gasteiger partial charge in [0, 0.05) is 55.7 Å². The molecule has 1 aromatic heterocycles. The van der Waals surface area contributed by atoms with Crippen LogP contribution in [0.25, 0.3) is 0 Å². The lowest BCUT2D eigenvalue weighted by molar-refractivity contribution is 0.392. The highest BCUT2D eigenvalue weighted by Gasteiger charge is 2.27. The summed E-state index contributed by atoms with van der Waals surface area (Å²) in [4.78, 5) is 13.1. The standard InChI is InChI=1S/C22H32N4O2S.HI/c1-5-20-14-25-21(29-20)7-9-24-22(23-6-2)26-10-8-16(15-26)17-11-18(27-3)13-19(12-17)28-4;/h11-14,16H,5-10,15H2,1-4H3,(H,23,24);1H. The largest absolute Gasteiger partial charge is 0.497 e. The van der Waals surface area contributed by atoms with Crippen molar-refractivity contribution in [2.24, 2.45) is 4.99 Å². The van der Waals surface area contributed by atoms with E-state index in [1.54, 1.807) is 25.6 Å². The lowest BCUT2D eigenvalue weighted by Crippen LogP contribution is -2.40. The number of thiazole rings is 1. The fourth-order valence-corrected chi connectivity index (χ4v) is 4.45. The first-order valence-corrected chi connectivity index (χ1v) is 11.2. The molecule has 30 heavy (non-hydrogen) atoms. The van der Waals surface area contributed by atoms with Crippen molar-refractivity contribution in [2.45, 2.75) is 39.0 Å². The molecule has 1 aromatic carbocycles. The molecule has 2 heterocycles. The van der Waals surface area contributed by atoms with E-state index in [-0.39, 0.29) is 24.0 Å². The number of hydrogen-bond acceptors (Lipinski definition) is 5. The van der Waals surface area contributed by atoms with Crippen molar-refractivity contribution in [3.63, 3.8) is 0 Å². The number of guanidine groups is 1. The monoisotopic (exact) mass is 544 g/mol. The predicted octanol–water partition coefficient (Wildman–Crippen LogP) is 4.34.